The number of alkyl halides is 3. The summed E-state index contributed by atoms with van der Waals surface area (Å²) in [4.78, 5) is 27.1. The molecule has 7 nitrogen and oxygen atoms in total. The topological polar surface area (TPSA) is 61.8 Å². The number of nitrogens with zero attached hydrogens (tertiary/aromatic N) is 5. The first-order valence-electron chi connectivity index (χ1n) is 9.05. The number of anilines is 2. The lowest BCUT2D eigenvalue weighted by atomic mass is 10.1. The predicted molar refractivity (Wildman–Crippen MR) is 102 cm³/mol. The van der Waals surface area contributed by atoms with Gasteiger partial charge < -0.3 is 19.4 Å². The Labute approximate surface area is 166 Å². The highest BCUT2D eigenvalue weighted by Crippen LogP contribution is 2.24. The summed E-state index contributed by atoms with van der Waals surface area (Å²) in [5, 5.41) is 0. The van der Waals surface area contributed by atoms with Crippen molar-refractivity contribution in [3.8, 4) is 5.75 Å². The molecule has 29 heavy (non-hydrogen) atoms. The summed E-state index contributed by atoms with van der Waals surface area (Å²) in [6.45, 7) is 3.82. The van der Waals surface area contributed by atoms with Gasteiger partial charge in [0.05, 0.1) is 0 Å². The first kappa shape index (κ1) is 20.7. The first-order chi connectivity index (χ1) is 13.6. The quantitative estimate of drug-likeness (QED) is 0.774. The molecule has 0 spiro atoms. The third kappa shape index (κ3) is 5.27. The first-order valence-corrected chi connectivity index (χ1v) is 9.05. The van der Waals surface area contributed by atoms with E-state index in [1.54, 1.807) is 4.90 Å². The zero-order valence-corrected chi connectivity index (χ0v) is 16.4. The molecule has 156 valence electrons. The molecule has 0 radical (unpaired) electrons. The van der Waals surface area contributed by atoms with Crippen molar-refractivity contribution in [2.45, 2.75) is 13.3 Å². The SMILES string of the molecule is Cc1nc(N(C)C)cc(N2CCN(C(=O)c3cccc(OC(F)(F)F)c3)CC2)n1. The molecule has 1 saturated heterocycles. The molecular weight excluding hydrogens is 387 g/mol. The zero-order chi connectivity index (χ0) is 21.2. The van der Waals surface area contributed by atoms with Crippen LogP contribution in [0, 0.1) is 6.92 Å². The van der Waals surface area contributed by atoms with Crippen LogP contribution in [0.25, 0.3) is 0 Å². The average molecular weight is 409 g/mol. The number of piperazine rings is 1. The highest BCUT2D eigenvalue weighted by atomic mass is 19.4. The second-order valence-corrected chi connectivity index (χ2v) is 6.88. The molecule has 3 rings (SSSR count). The fourth-order valence-corrected chi connectivity index (χ4v) is 3.08. The number of carbonyl (C=O) groups is 1. The van der Waals surface area contributed by atoms with E-state index in [2.05, 4.69) is 19.6 Å². The molecule has 0 bridgehead atoms. The van der Waals surface area contributed by atoms with E-state index in [0.29, 0.717) is 32.0 Å². The van der Waals surface area contributed by atoms with E-state index < -0.39 is 12.1 Å². The van der Waals surface area contributed by atoms with Gasteiger partial charge in [-0.25, -0.2) is 9.97 Å². The maximum atomic E-state index is 12.7. The van der Waals surface area contributed by atoms with Crippen LogP contribution in [0.15, 0.2) is 30.3 Å². The molecule has 0 atom stereocenters. The van der Waals surface area contributed by atoms with E-state index >= 15 is 0 Å². The molecule has 2 aromatic rings. The van der Waals surface area contributed by atoms with Crippen molar-refractivity contribution in [2.24, 2.45) is 0 Å². The van der Waals surface area contributed by atoms with E-state index in [0.717, 1.165) is 17.7 Å². The van der Waals surface area contributed by atoms with Gasteiger partial charge in [0, 0.05) is 51.9 Å². The Balaban J connectivity index is 1.67. The van der Waals surface area contributed by atoms with Crippen molar-refractivity contribution >= 4 is 17.5 Å². The Morgan fingerprint density at radius 2 is 1.79 bits per heavy atom. The number of aryl methyl sites for hydroxylation is 1. The fourth-order valence-electron chi connectivity index (χ4n) is 3.08. The van der Waals surface area contributed by atoms with E-state index in [1.807, 2.05) is 32.0 Å². The zero-order valence-electron chi connectivity index (χ0n) is 16.4. The summed E-state index contributed by atoms with van der Waals surface area (Å²) in [6, 6.07) is 7.02. The van der Waals surface area contributed by atoms with Gasteiger partial charge in [-0.15, -0.1) is 13.2 Å². The van der Waals surface area contributed by atoms with Crippen LogP contribution in [0.5, 0.6) is 5.75 Å². The van der Waals surface area contributed by atoms with Crippen molar-refractivity contribution in [2.75, 3.05) is 50.1 Å². The van der Waals surface area contributed by atoms with Crippen LogP contribution in [0.1, 0.15) is 16.2 Å². The maximum absolute atomic E-state index is 12.7. The Morgan fingerprint density at radius 1 is 1.10 bits per heavy atom. The lowest BCUT2D eigenvalue weighted by Crippen LogP contribution is -2.49. The Kier molecular flexibility index (Phi) is 5.81. The summed E-state index contributed by atoms with van der Waals surface area (Å²) >= 11 is 0. The van der Waals surface area contributed by atoms with Crippen LogP contribution in [0.2, 0.25) is 0 Å². The maximum Gasteiger partial charge on any atom is 0.573 e. The monoisotopic (exact) mass is 409 g/mol. The number of hydrogen-bond acceptors (Lipinski definition) is 6. The Hall–Kier alpha value is -3.04. The van der Waals surface area contributed by atoms with Crippen LogP contribution >= 0.6 is 0 Å². The molecule has 1 amide bonds. The second kappa shape index (κ2) is 8.14. The Bertz CT molecular complexity index is 880. The molecule has 2 heterocycles. The summed E-state index contributed by atoms with van der Waals surface area (Å²) < 4.78 is 41.1. The van der Waals surface area contributed by atoms with Gasteiger partial charge in [0.15, 0.2) is 0 Å². The number of benzene rings is 1. The van der Waals surface area contributed by atoms with Crippen LogP contribution in [-0.2, 0) is 0 Å². The van der Waals surface area contributed by atoms with Gasteiger partial charge in [0.1, 0.15) is 23.2 Å². The summed E-state index contributed by atoms with van der Waals surface area (Å²) in [5.74, 6) is 1.51. The van der Waals surface area contributed by atoms with Crippen molar-refractivity contribution in [1.82, 2.24) is 14.9 Å². The van der Waals surface area contributed by atoms with E-state index in [9.17, 15) is 18.0 Å². The smallest absolute Gasteiger partial charge is 0.406 e. The van der Waals surface area contributed by atoms with Gasteiger partial charge in [0.25, 0.3) is 5.91 Å². The van der Waals surface area contributed by atoms with Gasteiger partial charge >= 0.3 is 6.36 Å². The normalized spacial score (nSPS) is 14.7. The van der Waals surface area contributed by atoms with Crippen LogP contribution in [-0.4, -0.2) is 67.4 Å². The van der Waals surface area contributed by atoms with Crippen LogP contribution in [0.3, 0.4) is 0 Å². The van der Waals surface area contributed by atoms with Crippen molar-refractivity contribution < 1.29 is 22.7 Å². The summed E-state index contributed by atoms with van der Waals surface area (Å²) in [6.07, 6.45) is -4.80. The largest absolute Gasteiger partial charge is 0.573 e. The molecule has 0 saturated carbocycles. The molecule has 1 aliphatic heterocycles. The van der Waals surface area contributed by atoms with Gasteiger partial charge in [-0.2, -0.15) is 0 Å². The van der Waals surface area contributed by atoms with Crippen molar-refractivity contribution in [3.63, 3.8) is 0 Å². The van der Waals surface area contributed by atoms with Crippen molar-refractivity contribution in [1.29, 1.82) is 0 Å². The number of aromatic nitrogens is 2. The molecule has 0 aliphatic carbocycles. The van der Waals surface area contributed by atoms with Gasteiger partial charge in [-0.3, -0.25) is 4.79 Å². The lowest BCUT2D eigenvalue weighted by Gasteiger charge is -2.35. The fraction of sp³-hybridized carbons (Fsp3) is 0.421. The number of rotatable bonds is 4. The van der Waals surface area contributed by atoms with E-state index in [4.69, 9.17) is 0 Å². The van der Waals surface area contributed by atoms with Gasteiger partial charge in [-0.1, -0.05) is 6.07 Å². The number of amides is 1. The molecule has 1 aliphatic rings. The number of carbonyl (C=O) groups excluding carboxylic acids is 1. The third-order valence-corrected chi connectivity index (χ3v) is 4.47. The van der Waals surface area contributed by atoms with Gasteiger partial charge in [-0.05, 0) is 25.1 Å². The number of hydrogen-bond donors (Lipinski definition) is 0. The lowest BCUT2D eigenvalue weighted by molar-refractivity contribution is -0.274. The average Bonchev–Trinajstić information content (AvgIpc) is 2.66. The molecule has 1 aromatic heterocycles. The second-order valence-electron chi connectivity index (χ2n) is 6.88. The van der Waals surface area contributed by atoms with E-state index in [-0.39, 0.29) is 11.5 Å². The summed E-state index contributed by atoms with van der Waals surface area (Å²) in [5.41, 5.74) is 0.160. The standard InChI is InChI=1S/C19H22F3N5O2/c1-13-23-16(25(2)3)12-17(24-13)26-7-9-27(10-8-26)18(28)14-5-4-6-15(11-14)29-19(20,21)22/h4-6,11-12H,7-10H2,1-3H3. The Morgan fingerprint density at radius 3 is 2.41 bits per heavy atom. The van der Waals surface area contributed by atoms with Gasteiger partial charge in [0.2, 0.25) is 0 Å². The van der Waals surface area contributed by atoms with E-state index in [1.165, 1.54) is 18.2 Å². The molecule has 1 aromatic carbocycles. The highest BCUT2D eigenvalue weighted by Gasteiger charge is 2.31. The molecule has 0 N–H and O–H groups in total. The molecule has 10 heteroatoms. The number of halogens is 3. The van der Waals surface area contributed by atoms with Crippen molar-refractivity contribution in [3.05, 3.63) is 41.7 Å². The minimum Gasteiger partial charge on any atom is -0.406 e. The minimum absolute atomic E-state index is 0.160. The third-order valence-electron chi connectivity index (χ3n) is 4.47. The predicted octanol–water partition coefficient (Wildman–Crippen LogP) is 2.71. The molecule has 1 fully saturated rings. The summed E-state index contributed by atoms with van der Waals surface area (Å²) in [7, 11) is 3.80. The van der Waals surface area contributed by atoms with Crippen LogP contribution < -0.4 is 14.5 Å². The minimum atomic E-state index is -4.80. The molecular formula is C19H22F3N5O2. The number of ether oxygens (including phenoxy) is 1. The highest BCUT2D eigenvalue weighted by molar-refractivity contribution is 5.94. The van der Waals surface area contributed by atoms with Crippen LogP contribution in [0.4, 0.5) is 24.8 Å². The molecule has 0 unspecified atom stereocenters.